The van der Waals surface area contributed by atoms with Crippen molar-refractivity contribution in [2.75, 3.05) is 11.9 Å². The van der Waals surface area contributed by atoms with Gasteiger partial charge in [-0.1, -0.05) is 34.1 Å². The molecule has 0 atom stereocenters. The predicted octanol–water partition coefficient (Wildman–Crippen LogP) is 2.05. The Morgan fingerprint density at radius 2 is 2.15 bits per heavy atom. The van der Waals surface area contributed by atoms with Gasteiger partial charge in [0.2, 0.25) is 5.95 Å². The lowest BCUT2D eigenvalue weighted by atomic mass is 10.2. The molecule has 0 saturated carbocycles. The number of fused-ring (bicyclic) bond motifs is 1. The maximum atomic E-state index is 11.9. The van der Waals surface area contributed by atoms with E-state index in [4.69, 9.17) is 0 Å². The van der Waals surface area contributed by atoms with Gasteiger partial charge in [-0.2, -0.15) is 10.1 Å². The summed E-state index contributed by atoms with van der Waals surface area (Å²) in [5, 5.41) is 7.00. The Hall–Kier alpha value is -2.15. The van der Waals surface area contributed by atoms with Crippen molar-refractivity contribution in [3.05, 3.63) is 50.9 Å². The van der Waals surface area contributed by atoms with Gasteiger partial charge in [0, 0.05) is 18.1 Å². The lowest BCUT2D eigenvalue weighted by molar-refractivity contribution is 0.863. The second-order valence-corrected chi connectivity index (χ2v) is 5.32. The van der Waals surface area contributed by atoms with Gasteiger partial charge >= 0.3 is 0 Å². The average molecular weight is 334 g/mol. The van der Waals surface area contributed by atoms with Crippen LogP contribution in [0.2, 0.25) is 0 Å². The van der Waals surface area contributed by atoms with E-state index in [-0.39, 0.29) is 5.56 Å². The molecule has 6 nitrogen and oxygen atoms in total. The molecule has 0 aliphatic carbocycles. The highest BCUT2D eigenvalue weighted by molar-refractivity contribution is 9.10. The molecule has 3 rings (SSSR count). The Kier molecular flexibility index (Phi) is 3.27. The number of H-pyrrole nitrogens is 2. The first-order chi connectivity index (χ1) is 9.65. The maximum absolute atomic E-state index is 11.9. The van der Waals surface area contributed by atoms with Crippen LogP contribution in [0.3, 0.4) is 0 Å². The minimum Gasteiger partial charge on any atom is -0.341 e. The fraction of sp³-hybridized carbons (Fsp3) is 0.154. The second kappa shape index (κ2) is 5.09. The number of benzene rings is 1. The number of nitrogens with one attached hydrogen (secondary N) is 2. The minimum atomic E-state index is -0.197. The van der Waals surface area contributed by atoms with Crippen LogP contribution >= 0.6 is 15.9 Å². The third-order valence-corrected chi connectivity index (χ3v) is 3.81. The highest BCUT2D eigenvalue weighted by atomic mass is 79.9. The maximum Gasteiger partial charge on any atom is 0.263 e. The molecular formula is C13H12BrN5O. The van der Waals surface area contributed by atoms with Gasteiger partial charge in [0.05, 0.1) is 6.20 Å². The quantitative estimate of drug-likeness (QED) is 0.768. The number of anilines is 1. The second-order valence-electron chi connectivity index (χ2n) is 4.47. The van der Waals surface area contributed by atoms with Crippen molar-refractivity contribution in [1.29, 1.82) is 0 Å². The van der Waals surface area contributed by atoms with Crippen molar-refractivity contribution in [2.24, 2.45) is 0 Å². The van der Waals surface area contributed by atoms with E-state index in [9.17, 15) is 4.79 Å². The zero-order valence-electron chi connectivity index (χ0n) is 10.7. The van der Waals surface area contributed by atoms with Crippen LogP contribution in [-0.2, 0) is 6.54 Å². The van der Waals surface area contributed by atoms with Gasteiger partial charge in [0.25, 0.3) is 5.56 Å². The molecule has 3 aromatic rings. The highest BCUT2D eigenvalue weighted by Crippen LogP contribution is 2.19. The molecule has 0 radical (unpaired) electrons. The number of aromatic nitrogens is 4. The Balaban J connectivity index is 1.94. The van der Waals surface area contributed by atoms with Gasteiger partial charge < -0.3 is 4.90 Å². The molecular weight excluding hydrogens is 322 g/mol. The van der Waals surface area contributed by atoms with Gasteiger partial charge in [-0.25, -0.2) is 0 Å². The Labute approximate surface area is 123 Å². The fourth-order valence-electron chi connectivity index (χ4n) is 1.97. The predicted molar refractivity (Wildman–Crippen MR) is 80.8 cm³/mol. The van der Waals surface area contributed by atoms with Crippen LogP contribution < -0.4 is 10.5 Å². The van der Waals surface area contributed by atoms with E-state index < -0.39 is 0 Å². The van der Waals surface area contributed by atoms with Crippen LogP contribution in [0.15, 0.2) is 39.7 Å². The summed E-state index contributed by atoms with van der Waals surface area (Å²) >= 11 is 3.51. The summed E-state index contributed by atoms with van der Waals surface area (Å²) in [4.78, 5) is 20.9. The van der Waals surface area contributed by atoms with Crippen LogP contribution in [0.25, 0.3) is 11.0 Å². The van der Waals surface area contributed by atoms with Crippen LogP contribution in [0.4, 0.5) is 5.95 Å². The first-order valence-corrected chi connectivity index (χ1v) is 6.82. The summed E-state index contributed by atoms with van der Waals surface area (Å²) < 4.78 is 1.02. The SMILES string of the molecule is CN(Cc1ccccc1Br)c1nc2[nH]ncc2c(=O)[nH]1. The van der Waals surface area contributed by atoms with Gasteiger partial charge in [-0.3, -0.25) is 14.9 Å². The van der Waals surface area contributed by atoms with Crippen LogP contribution in [0.1, 0.15) is 5.56 Å². The van der Waals surface area contributed by atoms with Crippen molar-refractivity contribution in [1.82, 2.24) is 20.2 Å². The largest absolute Gasteiger partial charge is 0.341 e. The number of hydrogen-bond donors (Lipinski definition) is 2. The Morgan fingerprint density at radius 3 is 2.95 bits per heavy atom. The molecule has 0 fully saturated rings. The number of halogens is 1. The van der Waals surface area contributed by atoms with Gasteiger partial charge in [0.15, 0.2) is 5.65 Å². The Morgan fingerprint density at radius 1 is 1.35 bits per heavy atom. The molecule has 7 heteroatoms. The summed E-state index contributed by atoms with van der Waals surface area (Å²) in [6.07, 6.45) is 1.47. The van der Waals surface area contributed by atoms with Crippen molar-refractivity contribution < 1.29 is 0 Å². The summed E-state index contributed by atoms with van der Waals surface area (Å²) in [5.74, 6) is 0.502. The van der Waals surface area contributed by atoms with Gasteiger partial charge in [-0.15, -0.1) is 0 Å². The monoisotopic (exact) mass is 333 g/mol. The van der Waals surface area contributed by atoms with Gasteiger partial charge in [0.1, 0.15) is 5.39 Å². The zero-order valence-corrected chi connectivity index (χ0v) is 12.3. The standard InChI is InChI=1S/C13H12BrN5O/c1-19(7-8-4-2-3-5-10(8)14)13-16-11-9(6-15-18-11)12(20)17-13/h2-6H,7H2,1H3,(H2,15,16,17,18,20). The molecule has 0 saturated heterocycles. The van der Waals surface area contributed by atoms with Crippen molar-refractivity contribution in [3.63, 3.8) is 0 Å². The van der Waals surface area contributed by atoms with E-state index in [1.54, 1.807) is 0 Å². The van der Waals surface area contributed by atoms with E-state index >= 15 is 0 Å². The van der Waals surface area contributed by atoms with E-state index in [1.165, 1.54) is 6.20 Å². The van der Waals surface area contributed by atoms with E-state index in [0.29, 0.717) is 23.5 Å². The topological polar surface area (TPSA) is 77.7 Å². The molecule has 2 heterocycles. The van der Waals surface area contributed by atoms with Crippen LogP contribution in [0, 0.1) is 0 Å². The van der Waals surface area contributed by atoms with Crippen molar-refractivity contribution >= 4 is 32.9 Å². The summed E-state index contributed by atoms with van der Waals surface area (Å²) in [7, 11) is 1.87. The molecule has 2 N–H and O–H groups in total. The molecule has 0 bridgehead atoms. The van der Waals surface area contributed by atoms with E-state index in [2.05, 4.69) is 36.1 Å². The normalized spacial score (nSPS) is 10.9. The number of rotatable bonds is 3. The molecule has 0 amide bonds. The fourth-order valence-corrected chi connectivity index (χ4v) is 2.38. The number of nitrogens with zero attached hydrogens (tertiary/aromatic N) is 3. The third-order valence-electron chi connectivity index (χ3n) is 3.03. The number of hydrogen-bond acceptors (Lipinski definition) is 4. The number of aromatic amines is 2. The molecule has 1 aromatic carbocycles. The molecule has 20 heavy (non-hydrogen) atoms. The highest BCUT2D eigenvalue weighted by Gasteiger charge is 2.10. The van der Waals surface area contributed by atoms with Gasteiger partial charge in [-0.05, 0) is 11.6 Å². The average Bonchev–Trinajstić information content (AvgIpc) is 2.90. The van der Waals surface area contributed by atoms with Crippen LogP contribution in [0.5, 0.6) is 0 Å². The molecule has 0 aliphatic heterocycles. The lowest BCUT2D eigenvalue weighted by Crippen LogP contribution is -2.22. The van der Waals surface area contributed by atoms with Crippen molar-refractivity contribution in [3.8, 4) is 0 Å². The molecule has 0 unspecified atom stereocenters. The summed E-state index contributed by atoms with van der Waals surface area (Å²) in [6, 6.07) is 7.94. The van der Waals surface area contributed by atoms with Crippen LogP contribution in [-0.4, -0.2) is 27.2 Å². The van der Waals surface area contributed by atoms with Crippen molar-refractivity contribution in [2.45, 2.75) is 6.54 Å². The molecule has 0 spiro atoms. The minimum absolute atomic E-state index is 0.197. The third kappa shape index (κ3) is 2.32. The zero-order chi connectivity index (χ0) is 14.1. The summed E-state index contributed by atoms with van der Waals surface area (Å²) in [6.45, 7) is 0.629. The first-order valence-electron chi connectivity index (χ1n) is 6.03. The molecule has 2 aromatic heterocycles. The van der Waals surface area contributed by atoms with E-state index in [1.807, 2.05) is 36.2 Å². The first kappa shape index (κ1) is 12.9. The molecule has 0 aliphatic rings. The smallest absolute Gasteiger partial charge is 0.263 e. The molecule has 102 valence electrons. The Bertz CT molecular complexity index is 810. The lowest BCUT2D eigenvalue weighted by Gasteiger charge is -2.18. The van der Waals surface area contributed by atoms with E-state index in [0.717, 1.165) is 10.0 Å². The summed E-state index contributed by atoms with van der Waals surface area (Å²) in [5.41, 5.74) is 1.41.